The highest BCUT2D eigenvalue weighted by Gasteiger charge is 2.17. The van der Waals surface area contributed by atoms with Crippen molar-refractivity contribution in [2.24, 2.45) is 0 Å². The molecule has 86 valence electrons. The topological polar surface area (TPSA) is 27.0 Å². The third-order valence-electron chi connectivity index (χ3n) is 2.92. The molecule has 0 fully saturated rings. The van der Waals surface area contributed by atoms with Crippen LogP contribution in [0.15, 0.2) is 30.3 Å². The SMILES string of the molecule is CC(C)N(CCC#N)C(C)c1ccccc1. The van der Waals surface area contributed by atoms with Gasteiger partial charge in [0.25, 0.3) is 0 Å². The van der Waals surface area contributed by atoms with Gasteiger partial charge in [-0.05, 0) is 26.3 Å². The molecule has 0 radical (unpaired) electrons. The molecule has 16 heavy (non-hydrogen) atoms. The average molecular weight is 216 g/mol. The van der Waals surface area contributed by atoms with Crippen LogP contribution in [0.2, 0.25) is 0 Å². The lowest BCUT2D eigenvalue weighted by atomic mass is 10.1. The Bertz CT molecular complexity index is 338. The second kappa shape index (κ2) is 6.30. The fourth-order valence-electron chi connectivity index (χ4n) is 2.00. The molecule has 1 aromatic rings. The smallest absolute Gasteiger partial charge is 0.0635 e. The lowest BCUT2D eigenvalue weighted by molar-refractivity contribution is 0.168. The summed E-state index contributed by atoms with van der Waals surface area (Å²) in [5, 5.41) is 8.67. The normalized spacial score (nSPS) is 12.8. The van der Waals surface area contributed by atoms with Crippen LogP contribution in [0, 0.1) is 11.3 Å². The van der Waals surface area contributed by atoms with Crippen LogP contribution in [0.3, 0.4) is 0 Å². The van der Waals surface area contributed by atoms with Gasteiger partial charge in [-0.25, -0.2) is 0 Å². The summed E-state index contributed by atoms with van der Waals surface area (Å²) in [4.78, 5) is 2.36. The van der Waals surface area contributed by atoms with Crippen LogP contribution in [-0.4, -0.2) is 17.5 Å². The third kappa shape index (κ3) is 3.36. The Hall–Kier alpha value is -1.33. The average Bonchev–Trinajstić information content (AvgIpc) is 2.30. The molecule has 2 nitrogen and oxygen atoms in total. The van der Waals surface area contributed by atoms with E-state index in [-0.39, 0.29) is 0 Å². The van der Waals surface area contributed by atoms with Crippen molar-refractivity contribution in [3.8, 4) is 6.07 Å². The first-order chi connectivity index (χ1) is 7.66. The highest BCUT2D eigenvalue weighted by Crippen LogP contribution is 2.22. The second-order valence-corrected chi connectivity index (χ2v) is 4.33. The van der Waals surface area contributed by atoms with E-state index in [1.807, 2.05) is 6.07 Å². The maximum Gasteiger partial charge on any atom is 0.0635 e. The molecule has 0 bridgehead atoms. The lowest BCUT2D eigenvalue weighted by Crippen LogP contribution is -2.34. The fourth-order valence-corrected chi connectivity index (χ4v) is 2.00. The number of benzene rings is 1. The van der Waals surface area contributed by atoms with Gasteiger partial charge in [0.2, 0.25) is 0 Å². The minimum atomic E-state index is 0.370. The lowest BCUT2D eigenvalue weighted by Gasteiger charge is -2.32. The summed E-state index contributed by atoms with van der Waals surface area (Å²) in [5.41, 5.74) is 1.31. The molecule has 2 heteroatoms. The van der Waals surface area contributed by atoms with Gasteiger partial charge >= 0.3 is 0 Å². The van der Waals surface area contributed by atoms with E-state index in [0.29, 0.717) is 18.5 Å². The van der Waals surface area contributed by atoms with Gasteiger partial charge in [0.15, 0.2) is 0 Å². The standard InChI is InChI=1S/C14H20N2/c1-12(2)16(11-7-10-15)13(3)14-8-5-4-6-9-14/h4-6,8-9,12-13H,7,11H2,1-3H3. The number of hydrogen-bond donors (Lipinski definition) is 0. The molecule has 0 aliphatic rings. The summed E-state index contributed by atoms with van der Waals surface area (Å²) in [6.45, 7) is 7.39. The quantitative estimate of drug-likeness (QED) is 0.754. The zero-order chi connectivity index (χ0) is 12.0. The number of hydrogen-bond acceptors (Lipinski definition) is 2. The predicted octanol–water partition coefficient (Wildman–Crippen LogP) is 3.37. The molecular weight excluding hydrogens is 196 g/mol. The minimum Gasteiger partial charge on any atom is -0.293 e. The van der Waals surface area contributed by atoms with Crippen LogP contribution in [-0.2, 0) is 0 Å². The van der Waals surface area contributed by atoms with Crippen LogP contribution in [0.5, 0.6) is 0 Å². The van der Waals surface area contributed by atoms with E-state index in [2.05, 4.69) is 56.0 Å². The Morgan fingerprint density at radius 3 is 2.31 bits per heavy atom. The van der Waals surface area contributed by atoms with Crippen molar-refractivity contribution in [1.82, 2.24) is 4.90 Å². The van der Waals surface area contributed by atoms with E-state index in [9.17, 15) is 0 Å². The predicted molar refractivity (Wildman–Crippen MR) is 66.9 cm³/mol. The van der Waals surface area contributed by atoms with Gasteiger partial charge in [-0.15, -0.1) is 0 Å². The van der Waals surface area contributed by atoms with E-state index in [4.69, 9.17) is 5.26 Å². The van der Waals surface area contributed by atoms with E-state index < -0.39 is 0 Å². The van der Waals surface area contributed by atoms with Crippen LogP contribution >= 0.6 is 0 Å². The van der Waals surface area contributed by atoms with Crippen molar-refractivity contribution in [1.29, 1.82) is 5.26 Å². The summed E-state index contributed by atoms with van der Waals surface area (Å²) in [6.07, 6.45) is 0.593. The minimum absolute atomic E-state index is 0.370. The summed E-state index contributed by atoms with van der Waals surface area (Å²) < 4.78 is 0. The van der Waals surface area contributed by atoms with Gasteiger partial charge in [0, 0.05) is 25.0 Å². The molecule has 1 atom stereocenters. The van der Waals surface area contributed by atoms with E-state index >= 15 is 0 Å². The van der Waals surface area contributed by atoms with Gasteiger partial charge < -0.3 is 0 Å². The van der Waals surface area contributed by atoms with Crippen molar-refractivity contribution in [2.45, 2.75) is 39.3 Å². The van der Waals surface area contributed by atoms with Crippen molar-refractivity contribution in [3.63, 3.8) is 0 Å². The molecule has 1 unspecified atom stereocenters. The molecule has 0 N–H and O–H groups in total. The largest absolute Gasteiger partial charge is 0.293 e. The second-order valence-electron chi connectivity index (χ2n) is 4.33. The summed E-state index contributed by atoms with van der Waals surface area (Å²) in [7, 11) is 0. The van der Waals surface area contributed by atoms with Crippen LogP contribution in [0.4, 0.5) is 0 Å². The first kappa shape index (κ1) is 12.7. The molecule has 1 rings (SSSR count). The molecule has 0 saturated heterocycles. The van der Waals surface area contributed by atoms with Crippen LogP contribution in [0.25, 0.3) is 0 Å². The Morgan fingerprint density at radius 2 is 1.81 bits per heavy atom. The first-order valence-electron chi connectivity index (χ1n) is 5.84. The van der Waals surface area contributed by atoms with Crippen molar-refractivity contribution < 1.29 is 0 Å². The molecule has 0 heterocycles. The summed E-state index contributed by atoms with van der Waals surface area (Å²) in [6, 6.07) is 13.5. The zero-order valence-electron chi connectivity index (χ0n) is 10.4. The monoisotopic (exact) mass is 216 g/mol. The number of nitrogens with zero attached hydrogens (tertiary/aromatic N) is 2. The molecule has 0 saturated carbocycles. The van der Waals surface area contributed by atoms with Gasteiger partial charge in [-0.2, -0.15) is 5.26 Å². The summed E-state index contributed by atoms with van der Waals surface area (Å²) in [5.74, 6) is 0. The molecule has 0 aliphatic heterocycles. The first-order valence-corrected chi connectivity index (χ1v) is 5.84. The Labute approximate surface area is 98.5 Å². The maximum absolute atomic E-state index is 8.67. The molecule has 0 spiro atoms. The highest BCUT2D eigenvalue weighted by atomic mass is 15.2. The van der Waals surface area contributed by atoms with Crippen molar-refractivity contribution in [2.75, 3.05) is 6.54 Å². The highest BCUT2D eigenvalue weighted by molar-refractivity contribution is 5.18. The molecule has 1 aromatic carbocycles. The molecular formula is C14H20N2. The van der Waals surface area contributed by atoms with Crippen molar-refractivity contribution in [3.05, 3.63) is 35.9 Å². The number of nitriles is 1. The maximum atomic E-state index is 8.67. The van der Waals surface area contributed by atoms with Crippen molar-refractivity contribution >= 4 is 0 Å². The van der Waals surface area contributed by atoms with Crippen LogP contribution in [0.1, 0.15) is 38.8 Å². The Morgan fingerprint density at radius 1 is 1.19 bits per heavy atom. The Kier molecular flexibility index (Phi) is 5.01. The fraction of sp³-hybridized carbons (Fsp3) is 0.500. The van der Waals surface area contributed by atoms with Gasteiger partial charge in [0.05, 0.1) is 6.07 Å². The van der Waals surface area contributed by atoms with Gasteiger partial charge in [-0.3, -0.25) is 4.90 Å². The van der Waals surface area contributed by atoms with Gasteiger partial charge in [0.1, 0.15) is 0 Å². The number of rotatable bonds is 5. The van der Waals surface area contributed by atoms with Gasteiger partial charge in [-0.1, -0.05) is 30.3 Å². The van der Waals surface area contributed by atoms with Crippen LogP contribution < -0.4 is 0 Å². The van der Waals surface area contributed by atoms with E-state index in [1.165, 1.54) is 5.56 Å². The molecule has 0 aliphatic carbocycles. The molecule has 0 amide bonds. The third-order valence-corrected chi connectivity index (χ3v) is 2.92. The zero-order valence-corrected chi connectivity index (χ0v) is 10.4. The van der Waals surface area contributed by atoms with E-state index in [1.54, 1.807) is 0 Å². The Balaban J connectivity index is 2.75. The van der Waals surface area contributed by atoms with E-state index in [0.717, 1.165) is 6.54 Å². The molecule has 0 aromatic heterocycles. The summed E-state index contributed by atoms with van der Waals surface area (Å²) >= 11 is 0.